The van der Waals surface area contributed by atoms with E-state index in [1.54, 1.807) is 7.11 Å². The first-order chi connectivity index (χ1) is 11.6. The molecule has 7 nitrogen and oxygen atoms in total. The molecular weight excluding hydrogens is 308 g/mol. The van der Waals surface area contributed by atoms with Crippen molar-refractivity contribution in [3.63, 3.8) is 0 Å². The van der Waals surface area contributed by atoms with E-state index in [0.29, 0.717) is 13.1 Å². The van der Waals surface area contributed by atoms with Crippen LogP contribution in [0.4, 0.5) is 10.5 Å². The van der Waals surface area contributed by atoms with Crippen molar-refractivity contribution >= 4 is 17.6 Å². The third kappa shape index (κ3) is 3.31. The second kappa shape index (κ2) is 7.09. The van der Waals surface area contributed by atoms with Gasteiger partial charge in [-0.1, -0.05) is 6.07 Å². The van der Waals surface area contributed by atoms with Crippen LogP contribution in [0.3, 0.4) is 0 Å². The number of carbonyl (C=O) groups is 2. The van der Waals surface area contributed by atoms with Crippen LogP contribution in [0, 0.1) is 0 Å². The second-order valence-corrected chi connectivity index (χ2v) is 6.29. The van der Waals surface area contributed by atoms with Gasteiger partial charge in [-0.3, -0.25) is 9.69 Å². The number of amides is 3. The number of carbonyl (C=O) groups excluding carboxylic acids is 2. The van der Waals surface area contributed by atoms with Gasteiger partial charge in [-0.25, -0.2) is 4.79 Å². The smallest absolute Gasteiger partial charge is 0.324 e. The number of nitrogens with one attached hydrogen (secondary N) is 2. The van der Waals surface area contributed by atoms with Crippen molar-refractivity contribution in [2.45, 2.75) is 13.0 Å². The fourth-order valence-corrected chi connectivity index (χ4v) is 3.38. The zero-order chi connectivity index (χ0) is 17.1. The Morgan fingerprint density at radius 2 is 2.04 bits per heavy atom. The minimum absolute atomic E-state index is 0.0742. The minimum Gasteiger partial charge on any atom is -0.497 e. The molecule has 0 bridgehead atoms. The first-order valence-electron chi connectivity index (χ1n) is 8.43. The number of urea groups is 1. The maximum Gasteiger partial charge on any atom is 0.324 e. The van der Waals surface area contributed by atoms with Crippen LogP contribution in [0.5, 0.6) is 5.75 Å². The lowest BCUT2D eigenvalue weighted by Crippen LogP contribution is -3.19. The van der Waals surface area contributed by atoms with Gasteiger partial charge >= 0.3 is 6.03 Å². The highest BCUT2D eigenvalue weighted by Gasteiger charge is 2.36. The molecule has 0 aromatic heterocycles. The van der Waals surface area contributed by atoms with Crippen LogP contribution in [-0.4, -0.2) is 69.3 Å². The van der Waals surface area contributed by atoms with Gasteiger partial charge in [-0.05, 0) is 19.1 Å². The molecule has 2 saturated heterocycles. The summed E-state index contributed by atoms with van der Waals surface area (Å²) in [5.41, 5.74) is 1.14. The molecule has 0 unspecified atom stereocenters. The molecule has 130 valence electrons. The number of methoxy groups -OCH3 is 1. The van der Waals surface area contributed by atoms with Crippen molar-refractivity contribution in [3.8, 4) is 5.75 Å². The number of rotatable bonds is 4. The Balaban J connectivity index is 1.58. The Hall–Kier alpha value is -2.28. The van der Waals surface area contributed by atoms with Crippen LogP contribution in [0.25, 0.3) is 0 Å². The molecule has 0 spiro atoms. The highest BCUT2D eigenvalue weighted by atomic mass is 16.5. The maximum absolute atomic E-state index is 12.5. The molecule has 1 atom stereocenters. The highest BCUT2D eigenvalue weighted by molar-refractivity contribution is 5.97. The standard InChI is InChI=1S/C17H24N4O3/c1-13(16(22)21-7-6-18-17(21)23)19-8-10-20(11-9-19)14-4-3-5-15(12-14)24-2/h3-5,12-13H,6-11H2,1-2H3,(H,18,23)/p+1/t13-/m1/s1. The van der Waals surface area contributed by atoms with Crippen LogP contribution >= 0.6 is 0 Å². The Kier molecular flexibility index (Phi) is 4.89. The summed E-state index contributed by atoms with van der Waals surface area (Å²) in [7, 11) is 1.67. The Morgan fingerprint density at radius 3 is 2.67 bits per heavy atom. The van der Waals surface area contributed by atoms with Crippen molar-refractivity contribution in [1.82, 2.24) is 10.2 Å². The summed E-state index contributed by atoms with van der Waals surface area (Å²) in [4.78, 5) is 29.1. The fourth-order valence-electron chi connectivity index (χ4n) is 3.38. The van der Waals surface area contributed by atoms with Gasteiger partial charge in [-0.15, -0.1) is 0 Å². The Bertz CT molecular complexity index is 614. The summed E-state index contributed by atoms with van der Waals surface area (Å²) in [5, 5.41) is 2.68. The van der Waals surface area contributed by atoms with E-state index in [4.69, 9.17) is 4.74 Å². The first kappa shape index (κ1) is 16.6. The number of hydrogen-bond donors (Lipinski definition) is 2. The highest BCUT2D eigenvalue weighted by Crippen LogP contribution is 2.20. The number of piperazine rings is 1. The van der Waals surface area contributed by atoms with Gasteiger partial charge in [0.25, 0.3) is 5.91 Å². The predicted molar refractivity (Wildman–Crippen MR) is 90.5 cm³/mol. The van der Waals surface area contributed by atoms with E-state index in [1.807, 2.05) is 25.1 Å². The molecule has 2 aliphatic heterocycles. The SMILES string of the molecule is COc1cccc(N2CC[NH+]([C@H](C)C(=O)N3CCNC3=O)CC2)c1. The van der Waals surface area contributed by atoms with E-state index >= 15 is 0 Å². The monoisotopic (exact) mass is 333 g/mol. The van der Waals surface area contributed by atoms with Gasteiger partial charge in [0.15, 0.2) is 6.04 Å². The molecule has 0 aliphatic carbocycles. The van der Waals surface area contributed by atoms with Gasteiger partial charge in [0.05, 0.1) is 33.3 Å². The van der Waals surface area contributed by atoms with E-state index < -0.39 is 0 Å². The molecule has 2 N–H and O–H groups in total. The van der Waals surface area contributed by atoms with Crippen LogP contribution in [0.1, 0.15) is 6.92 Å². The van der Waals surface area contributed by atoms with Crippen LogP contribution in [-0.2, 0) is 4.79 Å². The topological polar surface area (TPSA) is 66.3 Å². The average Bonchev–Trinajstić information content (AvgIpc) is 3.06. The Morgan fingerprint density at radius 1 is 1.29 bits per heavy atom. The van der Waals surface area contributed by atoms with E-state index in [9.17, 15) is 9.59 Å². The quantitative estimate of drug-likeness (QED) is 0.768. The second-order valence-electron chi connectivity index (χ2n) is 6.29. The number of ether oxygens (including phenoxy) is 1. The molecule has 3 rings (SSSR count). The molecule has 2 aliphatic rings. The number of hydrogen-bond acceptors (Lipinski definition) is 4. The van der Waals surface area contributed by atoms with Crippen LogP contribution in [0.15, 0.2) is 24.3 Å². The molecule has 7 heteroatoms. The Labute approximate surface area is 142 Å². The summed E-state index contributed by atoms with van der Waals surface area (Å²) in [5.74, 6) is 0.778. The van der Waals surface area contributed by atoms with Crippen molar-refractivity contribution in [2.75, 3.05) is 51.3 Å². The summed E-state index contributed by atoms with van der Waals surface area (Å²) < 4.78 is 5.28. The lowest BCUT2D eigenvalue weighted by Gasteiger charge is -2.36. The number of imide groups is 1. The molecule has 24 heavy (non-hydrogen) atoms. The van der Waals surface area contributed by atoms with E-state index in [-0.39, 0.29) is 18.0 Å². The predicted octanol–water partition coefficient (Wildman–Crippen LogP) is -0.660. The molecule has 3 amide bonds. The molecule has 1 aromatic carbocycles. The third-order valence-electron chi connectivity index (χ3n) is 4.93. The summed E-state index contributed by atoms with van der Waals surface area (Å²) in [6.45, 7) is 6.46. The largest absolute Gasteiger partial charge is 0.497 e. The first-order valence-corrected chi connectivity index (χ1v) is 8.43. The molecule has 0 saturated carbocycles. The van der Waals surface area contributed by atoms with Crippen molar-refractivity contribution in [1.29, 1.82) is 0 Å². The molecule has 2 heterocycles. The third-order valence-corrected chi connectivity index (χ3v) is 4.93. The molecule has 0 radical (unpaired) electrons. The fraction of sp³-hybridized carbons (Fsp3) is 0.529. The molecular formula is C17H25N4O3+. The van der Waals surface area contributed by atoms with Gasteiger partial charge in [0.2, 0.25) is 0 Å². The number of nitrogens with zero attached hydrogens (tertiary/aromatic N) is 2. The summed E-state index contributed by atoms with van der Waals surface area (Å²) >= 11 is 0. The molecule has 1 aromatic rings. The van der Waals surface area contributed by atoms with Gasteiger partial charge < -0.3 is 19.9 Å². The maximum atomic E-state index is 12.5. The van der Waals surface area contributed by atoms with Gasteiger partial charge in [0, 0.05) is 24.8 Å². The number of quaternary nitrogens is 1. The zero-order valence-electron chi connectivity index (χ0n) is 14.2. The van der Waals surface area contributed by atoms with Crippen LogP contribution in [0.2, 0.25) is 0 Å². The van der Waals surface area contributed by atoms with E-state index in [2.05, 4.69) is 16.3 Å². The lowest BCUT2D eigenvalue weighted by molar-refractivity contribution is -0.915. The normalized spacial score (nSPS) is 20.0. The van der Waals surface area contributed by atoms with Gasteiger partial charge in [0.1, 0.15) is 5.75 Å². The van der Waals surface area contributed by atoms with Gasteiger partial charge in [-0.2, -0.15) is 0 Å². The van der Waals surface area contributed by atoms with Crippen molar-refractivity contribution in [2.24, 2.45) is 0 Å². The number of benzene rings is 1. The van der Waals surface area contributed by atoms with Crippen molar-refractivity contribution in [3.05, 3.63) is 24.3 Å². The lowest BCUT2D eigenvalue weighted by atomic mass is 10.2. The summed E-state index contributed by atoms with van der Waals surface area (Å²) in [6, 6.07) is 7.59. The minimum atomic E-state index is -0.263. The van der Waals surface area contributed by atoms with Crippen LogP contribution < -0.4 is 19.9 Å². The molecule has 2 fully saturated rings. The average molecular weight is 333 g/mol. The number of anilines is 1. The van der Waals surface area contributed by atoms with E-state index in [1.165, 1.54) is 9.80 Å². The zero-order valence-corrected chi connectivity index (χ0v) is 14.2. The summed E-state index contributed by atoms with van der Waals surface area (Å²) in [6.07, 6.45) is 0. The van der Waals surface area contributed by atoms with Crippen molar-refractivity contribution < 1.29 is 19.2 Å². The van der Waals surface area contributed by atoms with E-state index in [0.717, 1.165) is 37.6 Å².